The van der Waals surface area contributed by atoms with Gasteiger partial charge >= 0.3 is 12.1 Å². The lowest BCUT2D eigenvalue weighted by Crippen LogP contribution is -2.45. The average molecular weight is 460 g/mol. The third kappa shape index (κ3) is 6.55. The summed E-state index contributed by atoms with van der Waals surface area (Å²) in [6, 6.07) is 5.60. The summed E-state index contributed by atoms with van der Waals surface area (Å²) in [5.41, 5.74) is 1.39. The van der Waals surface area contributed by atoms with Gasteiger partial charge in [0.1, 0.15) is 0 Å². The fourth-order valence-corrected chi connectivity index (χ4v) is 4.44. The standard InChI is InChI=1S/C18H22N2O3S.C2HF3O2/c21-18(16-2-1-6-22-16)19-8-17-15-10-20(5-3-14(15)11-23-17)9-13-4-7-24-12-13;3-2(4,5)1(6)7/h1-2,4,6-7,12,14-15,17H,3,5,8-11H2,(H,19,21);(H,6,7)/t14-,15-,17+;/m0./s1. The number of aliphatic carboxylic acids is 1. The van der Waals surface area contributed by atoms with Crippen molar-refractivity contribution in [3.05, 3.63) is 46.5 Å². The third-order valence-electron chi connectivity index (χ3n) is 5.33. The molecule has 0 unspecified atom stereocenters. The van der Waals surface area contributed by atoms with Crippen LogP contribution in [0.2, 0.25) is 0 Å². The number of alkyl halides is 3. The Morgan fingerprint density at radius 3 is 2.71 bits per heavy atom. The third-order valence-corrected chi connectivity index (χ3v) is 6.06. The lowest BCUT2D eigenvalue weighted by atomic mass is 9.84. The lowest BCUT2D eigenvalue weighted by Gasteiger charge is -2.35. The monoisotopic (exact) mass is 460 g/mol. The van der Waals surface area contributed by atoms with Crippen LogP contribution in [0, 0.1) is 11.8 Å². The van der Waals surface area contributed by atoms with Crippen LogP contribution in [0.4, 0.5) is 13.2 Å². The Kier molecular flexibility index (Phi) is 7.74. The van der Waals surface area contributed by atoms with Gasteiger partial charge in [0, 0.05) is 25.6 Å². The molecule has 170 valence electrons. The van der Waals surface area contributed by atoms with E-state index in [1.54, 1.807) is 23.5 Å². The van der Waals surface area contributed by atoms with Crippen LogP contribution in [-0.4, -0.2) is 60.4 Å². The minimum atomic E-state index is -5.08. The van der Waals surface area contributed by atoms with E-state index in [1.807, 2.05) is 0 Å². The Labute approximate surface area is 180 Å². The van der Waals surface area contributed by atoms with Crippen LogP contribution in [0.1, 0.15) is 22.5 Å². The number of carboxylic acids is 1. The Morgan fingerprint density at radius 1 is 1.32 bits per heavy atom. The molecule has 2 N–H and O–H groups in total. The first-order valence-corrected chi connectivity index (χ1v) is 10.6. The summed E-state index contributed by atoms with van der Waals surface area (Å²) in [6.07, 6.45) is -2.29. The summed E-state index contributed by atoms with van der Waals surface area (Å²) in [5, 5.41) is 14.4. The summed E-state index contributed by atoms with van der Waals surface area (Å²) < 4.78 is 42.9. The molecule has 2 aliphatic heterocycles. The molecule has 4 rings (SSSR count). The number of carbonyl (C=O) groups is 2. The van der Waals surface area contributed by atoms with Gasteiger partial charge in [0.25, 0.3) is 5.91 Å². The largest absolute Gasteiger partial charge is 0.490 e. The second-order valence-corrected chi connectivity index (χ2v) is 8.22. The first kappa shape index (κ1) is 23.3. The molecule has 2 fully saturated rings. The molecule has 31 heavy (non-hydrogen) atoms. The molecule has 0 radical (unpaired) electrons. The number of halogens is 3. The van der Waals surface area contributed by atoms with Crippen molar-refractivity contribution in [1.82, 2.24) is 10.2 Å². The van der Waals surface area contributed by atoms with Gasteiger partial charge in [0.15, 0.2) is 5.76 Å². The van der Waals surface area contributed by atoms with E-state index in [1.165, 1.54) is 18.2 Å². The van der Waals surface area contributed by atoms with Crippen LogP contribution in [0.5, 0.6) is 0 Å². The second kappa shape index (κ2) is 10.3. The van der Waals surface area contributed by atoms with E-state index in [0.717, 1.165) is 26.2 Å². The van der Waals surface area contributed by atoms with E-state index in [2.05, 4.69) is 27.0 Å². The molecule has 2 saturated heterocycles. The number of carbonyl (C=O) groups excluding carboxylic acids is 1. The fourth-order valence-electron chi connectivity index (χ4n) is 3.78. The molecule has 2 aliphatic rings. The van der Waals surface area contributed by atoms with Crippen molar-refractivity contribution in [2.45, 2.75) is 25.2 Å². The van der Waals surface area contributed by atoms with Gasteiger partial charge in [-0.2, -0.15) is 24.5 Å². The zero-order chi connectivity index (χ0) is 22.4. The molecule has 0 spiro atoms. The number of fused-ring (bicyclic) bond motifs is 1. The molecule has 1 amide bonds. The number of nitrogens with zero attached hydrogens (tertiary/aromatic N) is 1. The normalized spacial score (nSPS) is 23.5. The Balaban J connectivity index is 0.000000339. The van der Waals surface area contributed by atoms with E-state index in [0.29, 0.717) is 24.1 Å². The minimum absolute atomic E-state index is 0.0965. The van der Waals surface area contributed by atoms with E-state index < -0.39 is 12.1 Å². The van der Waals surface area contributed by atoms with Crippen LogP contribution in [0.25, 0.3) is 0 Å². The van der Waals surface area contributed by atoms with Crippen molar-refractivity contribution in [2.75, 3.05) is 26.2 Å². The molecular formula is C20H23F3N2O5S. The van der Waals surface area contributed by atoms with Gasteiger partial charge < -0.3 is 19.6 Å². The van der Waals surface area contributed by atoms with Gasteiger partial charge in [-0.05, 0) is 53.4 Å². The molecule has 2 aromatic rings. The highest BCUT2D eigenvalue weighted by molar-refractivity contribution is 7.07. The van der Waals surface area contributed by atoms with Crippen molar-refractivity contribution in [3.63, 3.8) is 0 Å². The summed E-state index contributed by atoms with van der Waals surface area (Å²) in [4.78, 5) is 23.4. The van der Waals surface area contributed by atoms with Crippen molar-refractivity contribution in [3.8, 4) is 0 Å². The molecule has 4 heterocycles. The highest BCUT2D eigenvalue weighted by Gasteiger charge is 2.41. The quantitative estimate of drug-likeness (QED) is 0.712. The van der Waals surface area contributed by atoms with Gasteiger partial charge in [0.2, 0.25) is 0 Å². The van der Waals surface area contributed by atoms with Crippen LogP contribution in [-0.2, 0) is 16.1 Å². The molecule has 0 aliphatic carbocycles. The molecule has 2 aromatic heterocycles. The Hall–Kier alpha value is -2.37. The maximum absolute atomic E-state index is 12.0. The molecule has 7 nitrogen and oxygen atoms in total. The SMILES string of the molecule is O=C(NC[C@H]1OC[C@@H]2CCN(Cc3ccsc3)C[C@@H]21)c1ccco1.O=C(O)C(F)(F)F. The summed E-state index contributed by atoms with van der Waals surface area (Å²) in [7, 11) is 0. The summed E-state index contributed by atoms with van der Waals surface area (Å²) >= 11 is 1.75. The van der Waals surface area contributed by atoms with Crippen molar-refractivity contribution >= 4 is 23.2 Å². The van der Waals surface area contributed by atoms with E-state index in [4.69, 9.17) is 19.1 Å². The van der Waals surface area contributed by atoms with Gasteiger partial charge in [-0.1, -0.05) is 0 Å². The van der Waals surface area contributed by atoms with Crippen molar-refractivity contribution < 1.29 is 37.0 Å². The van der Waals surface area contributed by atoms with Crippen molar-refractivity contribution in [2.24, 2.45) is 11.8 Å². The Morgan fingerprint density at radius 2 is 2.10 bits per heavy atom. The molecule has 0 bridgehead atoms. The maximum atomic E-state index is 12.0. The van der Waals surface area contributed by atoms with Crippen molar-refractivity contribution in [1.29, 1.82) is 0 Å². The number of piperidine rings is 1. The van der Waals surface area contributed by atoms with Gasteiger partial charge in [-0.3, -0.25) is 9.69 Å². The minimum Gasteiger partial charge on any atom is -0.475 e. The average Bonchev–Trinajstić information content (AvgIpc) is 3.48. The maximum Gasteiger partial charge on any atom is 0.490 e. The van der Waals surface area contributed by atoms with Gasteiger partial charge in [-0.15, -0.1) is 0 Å². The fraction of sp³-hybridized carbons (Fsp3) is 0.500. The number of likely N-dealkylation sites (tertiary alicyclic amines) is 1. The summed E-state index contributed by atoms with van der Waals surface area (Å²) in [6.45, 7) is 4.55. The number of nitrogens with one attached hydrogen (secondary N) is 1. The smallest absolute Gasteiger partial charge is 0.475 e. The number of thiophene rings is 1. The molecular weight excluding hydrogens is 437 g/mol. The highest BCUT2D eigenvalue weighted by atomic mass is 32.1. The molecule has 0 saturated carbocycles. The first-order chi connectivity index (χ1) is 14.7. The number of carboxylic acid groups (broad SMARTS) is 1. The number of ether oxygens (including phenoxy) is 1. The number of amides is 1. The zero-order valence-electron chi connectivity index (χ0n) is 16.5. The van der Waals surface area contributed by atoms with Crippen LogP contribution in [0.3, 0.4) is 0 Å². The molecule has 0 aromatic carbocycles. The van der Waals surface area contributed by atoms with E-state index in [9.17, 15) is 18.0 Å². The van der Waals surface area contributed by atoms with Crippen LogP contribution >= 0.6 is 11.3 Å². The van der Waals surface area contributed by atoms with Crippen LogP contribution < -0.4 is 5.32 Å². The molecule has 11 heteroatoms. The first-order valence-electron chi connectivity index (χ1n) is 9.71. The predicted octanol–water partition coefficient (Wildman–Crippen LogP) is 3.24. The van der Waals surface area contributed by atoms with E-state index in [-0.39, 0.29) is 12.0 Å². The Bertz CT molecular complexity index is 842. The highest BCUT2D eigenvalue weighted by Crippen LogP contribution is 2.34. The second-order valence-electron chi connectivity index (χ2n) is 7.44. The number of rotatable bonds is 5. The van der Waals surface area contributed by atoms with Gasteiger partial charge in [0.05, 0.1) is 19.0 Å². The van der Waals surface area contributed by atoms with Crippen LogP contribution in [0.15, 0.2) is 39.6 Å². The van der Waals surface area contributed by atoms with E-state index >= 15 is 0 Å². The number of hydrogen-bond acceptors (Lipinski definition) is 6. The number of furan rings is 1. The summed E-state index contributed by atoms with van der Waals surface area (Å²) in [5.74, 6) is -1.46. The molecule has 3 atom stereocenters. The lowest BCUT2D eigenvalue weighted by molar-refractivity contribution is -0.192. The topological polar surface area (TPSA) is 92.0 Å². The zero-order valence-corrected chi connectivity index (χ0v) is 17.3. The van der Waals surface area contributed by atoms with Gasteiger partial charge in [-0.25, -0.2) is 4.79 Å². The number of hydrogen-bond donors (Lipinski definition) is 2. The predicted molar refractivity (Wildman–Crippen MR) is 106 cm³/mol.